The minimum absolute atomic E-state index is 0.0677. The second-order valence-corrected chi connectivity index (χ2v) is 4.79. The Morgan fingerprint density at radius 2 is 2.10 bits per heavy atom. The number of likely N-dealkylation sites (N-methyl/N-ethyl adjacent to an activating group) is 1. The summed E-state index contributed by atoms with van der Waals surface area (Å²) in [4.78, 5) is 24.5. The minimum atomic E-state index is -1.05. The Kier molecular flexibility index (Phi) is 5.29. The lowest BCUT2D eigenvalue weighted by Gasteiger charge is -2.24. The summed E-state index contributed by atoms with van der Waals surface area (Å²) in [5, 5.41) is 28.0. The van der Waals surface area contributed by atoms with Crippen molar-refractivity contribution < 1.29 is 20.1 Å². The van der Waals surface area contributed by atoms with E-state index in [4.69, 9.17) is 10.2 Å². The number of carboxylic acid groups (broad SMARTS) is 1. The van der Waals surface area contributed by atoms with Gasteiger partial charge in [0.05, 0.1) is 12.3 Å². The molecule has 20 heavy (non-hydrogen) atoms. The van der Waals surface area contributed by atoms with E-state index in [1.807, 2.05) is 0 Å². The first kappa shape index (κ1) is 16.2. The number of carbonyl (C=O) groups is 1. The van der Waals surface area contributed by atoms with E-state index in [1.165, 1.54) is 17.6 Å². The Morgan fingerprint density at radius 1 is 1.50 bits per heavy atom. The number of aliphatic hydroxyl groups excluding tert-OH is 1. The van der Waals surface area contributed by atoms with Crippen molar-refractivity contribution in [3.8, 4) is 5.75 Å². The van der Waals surface area contributed by atoms with Gasteiger partial charge in [0.25, 0.3) is 0 Å². The van der Waals surface area contributed by atoms with Gasteiger partial charge in [0, 0.05) is 24.8 Å². The minimum Gasteiger partial charge on any atom is -0.503 e. The molecule has 1 aromatic heterocycles. The summed E-state index contributed by atoms with van der Waals surface area (Å²) in [5.41, 5.74) is 0.166. The van der Waals surface area contributed by atoms with Gasteiger partial charge in [-0.2, -0.15) is 0 Å². The summed E-state index contributed by atoms with van der Waals surface area (Å²) in [7, 11) is 1.71. The van der Waals surface area contributed by atoms with Gasteiger partial charge >= 0.3 is 5.97 Å². The van der Waals surface area contributed by atoms with E-state index in [1.54, 1.807) is 18.9 Å². The SMILES string of the molecule is Cc1cc(=O)c(O)c(CN(C)CCO)n1C(C)C(=O)O. The molecule has 0 aliphatic rings. The number of hydrogen-bond acceptors (Lipinski definition) is 5. The number of aliphatic carboxylic acids is 1. The molecular weight excluding hydrogens is 264 g/mol. The average molecular weight is 284 g/mol. The third-order valence-corrected chi connectivity index (χ3v) is 3.16. The standard InChI is InChI=1S/C13H20N2O5/c1-8-6-11(17)12(18)10(7-14(3)4-5-16)15(8)9(2)13(19)20/h6,9,16,18H,4-5,7H2,1-3H3,(H,19,20). The van der Waals surface area contributed by atoms with Crippen LogP contribution < -0.4 is 5.43 Å². The number of nitrogens with zero attached hydrogens (tertiary/aromatic N) is 2. The van der Waals surface area contributed by atoms with Crippen LogP contribution in [0.1, 0.15) is 24.4 Å². The molecule has 0 aromatic carbocycles. The zero-order chi connectivity index (χ0) is 15.4. The monoisotopic (exact) mass is 284 g/mol. The number of carboxylic acids is 1. The molecule has 7 nitrogen and oxygen atoms in total. The molecule has 0 fully saturated rings. The summed E-state index contributed by atoms with van der Waals surface area (Å²) in [6, 6.07) is 0.309. The molecule has 1 unspecified atom stereocenters. The zero-order valence-corrected chi connectivity index (χ0v) is 11.8. The molecule has 3 N–H and O–H groups in total. The highest BCUT2D eigenvalue weighted by Gasteiger charge is 2.22. The summed E-state index contributed by atoms with van der Waals surface area (Å²) in [6.45, 7) is 3.55. The Balaban J connectivity index is 3.37. The van der Waals surface area contributed by atoms with Crippen molar-refractivity contribution in [3.05, 3.63) is 27.7 Å². The van der Waals surface area contributed by atoms with Crippen LogP contribution in [0.2, 0.25) is 0 Å². The second kappa shape index (κ2) is 6.53. The third kappa shape index (κ3) is 3.37. The van der Waals surface area contributed by atoms with Crippen LogP contribution in [0.4, 0.5) is 0 Å². The lowest BCUT2D eigenvalue weighted by Crippen LogP contribution is -2.29. The first-order valence-corrected chi connectivity index (χ1v) is 6.25. The van der Waals surface area contributed by atoms with Crippen molar-refractivity contribution in [3.63, 3.8) is 0 Å². The van der Waals surface area contributed by atoms with Crippen molar-refractivity contribution in [1.82, 2.24) is 9.47 Å². The molecule has 0 aliphatic heterocycles. The molecule has 112 valence electrons. The van der Waals surface area contributed by atoms with Crippen LogP contribution in [0.15, 0.2) is 10.9 Å². The van der Waals surface area contributed by atoms with Crippen LogP contribution in [0.3, 0.4) is 0 Å². The molecule has 0 spiro atoms. The number of aromatic nitrogens is 1. The molecule has 1 heterocycles. The van der Waals surface area contributed by atoms with E-state index in [0.29, 0.717) is 12.2 Å². The highest BCUT2D eigenvalue weighted by atomic mass is 16.4. The van der Waals surface area contributed by atoms with E-state index in [9.17, 15) is 14.7 Å². The number of pyridine rings is 1. The second-order valence-electron chi connectivity index (χ2n) is 4.79. The van der Waals surface area contributed by atoms with Gasteiger partial charge in [-0.05, 0) is 20.9 Å². The Hall–Kier alpha value is -1.86. The van der Waals surface area contributed by atoms with Gasteiger partial charge in [0.15, 0.2) is 5.75 Å². The van der Waals surface area contributed by atoms with Crippen molar-refractivity contribution in [2.75, 3.05) is 20.2 Å². The summed E-state index contributed by atoms with van der Waals surface area (Å²) >= 11 is 0. The molecule has 0 saturated heterocycles. The van der Waals surface area contributed by atoms with Crippen molar-refractivity contribution in [1.29, 1.82) is 0 Å². The van der Waals surface area contributed by atoms with Crippen molar-refractivity contribution in [2.45, 2.75) is 26.4 Å². The van der Waals surface area contributed by atoms with E-state index >= 15 is 0 Å². The smallest absolute Gasteiger partial charge is 0.326 e. The van der Waals surface area contributed by atoms with Crippen LogP contribution in [0.25, 0.3) is 0 Å². The number of aliphatic hydroxyl groups is 1. The van der Waals surface area contributed by atoms with E-state index in [2.05, 4.69) is 0 Å². The van der Waals surface area contributed by atoms with Crippen LogP contribution in [-0.2, 0) is 11.3 Å². The van der Waals surface area contributed by atoms with Crippen LogP contribution in [0.5, 0.6) is 5.75 Å². The number of rotatable bonds is 6. The van der Waals surface area contributed by atoms with Gasteiger partial charge < -0.3 is 19.9 Å². The molecule has 7 heteroatoms. The molecule has 1 aromatic rings. The lowest BCUT2D eigenvalue weighted by atomic mass is 10.2. The Bertz CT molecular complexity index is 552. The predicted molar refractivity (Wildman–Crippen MR) is 72.9 cm³/mol. The van der Waals surface area contributed by atoms with E-state index in [-0.39, 0.29) is 18.8 Å². The average Bonchev–Trinajstić information content (AvgIpc) is 2.35. The number of aryl methyl sites for hydroxylation is 1. The fraction of sp³-hybridized carbons (Fsp3) is 0.538. The molecular formula is C13H20N2O5. The first-order valence-electron chi connectivity index (χ1n) is 6.25. The molecule has 0 bridgehead atoms. The van der Waals surface area contributed by atoms with Gasteiger partial charge in [0.1, 0.15) is 6.04 Å². The van der Waals surface area contributed by atoms with Crippen LogP contribution in [-0.4, -0.2) is 51.0 Å². The summed E-state index contributed by atoms with van der Waals surface area (Å²) in [6.07, 6.45) is 0. The van der Waals surface area contributed by atoms with Gasteiger partial charge in [-0.25, -0.2) is 4.79 Å². The van der Waals surface area contributed by atoms with Gasteiger partial charge in [0.2, 0.25) is 5.43 Å². The van der Waals surface area contributed by atoms with Crippen molar-refractivity contribution >= 4 is 5.97 Å². The molecule has 0 radical (unpaired) electrons. The maximum absolute atomic E-state index is 11.7. The van der Waals surface area contributed by atoms with Crippen molar-refractivity contribution in [2.24, 2.45) is 0 Å². The van der Waals surface area contributed by atoms with E-state index < -0.39 is 23.2 Å². The predicted octanol–water partition coefficient (Wildman–Crippen LogP) is -0.0680. The van der Waals surface area contributed by atoms with Gasteiger partial charge in [-0.15, -0.1) is 0 Å². The quantitative estimate of drug-likeness (QED) is 0.676. The lowest BCUT2D eigenvalue weighted by molar-refractivity contribution is -0.140. The van der Waals surface area contributed by atoms with Crippen LogP contribution in [0, 0.1) is 6.92 Å². The molecule has 0 saturated carbocycles. The topological polar surface area (TPSA) is 103 Å². The fourth-order valence-corrected chi connectivity index (χ4v) is 2.10. The molecule has 0 amide bonds. The molecule has 0 aliphatic carbocycles. The third-order valence-electron chi connectivity index (χ3n) is 3.16. The van der Waals surface area contributed by atoms with Crippen LogP contribution >= 0.6 is 0 Å². The Morgan fingerprint density at radius 3 is 2.60 bits per heavy atom. The molecule has 1 rings (SSSR count). The number of hydrogen-bond donors (Lipinski definition) is 3. The maximum Gasteiger partial charge on any atom is 0.326 e. The maximum atomic E-state index is 11.7. The number of aromatic hydroxyl groups is 1. The summed E-state index contributed by atoms with van der Waals surface area (Å²) in [5.74, 6) is -1.50. The van der Waals surface area contributed by atoms with Gasteiger partial charge in [-0.3, -0.25) is 9.69 Å². The van der Waals surface area contributed by atoms with E-state index in [0.717, 1.165) is 0 Å². The molecule has 1 atom stereocenters. The zero-order valence-electron chi connectivity index (χ0n) is 11.8. The fourth-order valence-electron chi connectivity index (χ4n) is 2.10. The van der Waals surface area contributed by atoms with Gasteiger partial charge in [-0.1, -0.05) is 0 Å². The normalized spacial score (nSPS) is 12.7. The summed E-state index contributed by atoms with van der Waals surface area (Å²) < 4.78 is 1.42. The first-order chi connectivity index (χ1) is 9.29. The highest BCUT2D eigenvalue weighted by molar-refractivity contribution is 5.71. The largest absolute Gasteiger partial charge is 0.503 e. The Labute approximate surface area is 116 Å². The highest BCUT2D eigenvalue weighted by Crippen LogP contribution is 2.21.